The maximum Gasteiger partial charge on any atom is 0.0967 e. The predicted octanol–water partition coefficient (Wildman–Crippen LogP) is 4.02. The molecule has 0 saturated heterocycles. The summed E-state index contributed by atoms with van der Waals surface area (Å²) in [5.74, 6) is 0. The number of rotatable bonds is 4. The van der Waals surface area contributed by atoms with E-state index in [0.717, 1.165) is 0 Å². The van der Waals surface area contributed by atoms with Crippen LogP contribution in [0.5, 0.6) is 0 Å². The Labute approximate surface area is 85.7 Å². The van der Waals surface area contributed by atoms with Gasteiger partial charge in [0.2, 0.25) is 0 Å². The minimum absolute atomic E-state index is 0. The van der Waals surface area contributed by atoms with E-state index in [1.54, 1.807) is 0 Å². The van der Waals surface area contributed by atoms with Crippen LogP contribution in [0, 0.1) is 0 Å². The van der Waals surface area contributed by atoms with Gasteiger partial charge in [-0.05, 0) is 0 Å². The Kier molecular flexibility index (Phi) is 36.2. The SMILES string of the molecule is CCCCCCC.ClCCl.[Si]. The molecule has 0 unspecified atom stereocenters. The third-order valence-corrected chi connectivity index (χ3v) is 1.21. The smallest absolute Gasteiger partial charge is 0.0967 e. The van der Waals surface area contributed by atoms with Gasteiger partial charge in [-0.2, -0.15) is 0 Å². The van der Waals surface area contributed by atoms with Crippen molar-refractivity contribution in [2.45, 2.75) is 46.0 Å². The number of hydrogen-bond acceptors (Lipinski definition) is 0. The third kappa shape index (κ3) is 36.3. The molecule has 0 nitrogen and oxygen atoms in total. The molecule has 0 aromatic heterocycles. The summed E-state index contributed by atoms with van der Waals surface area (Å²) in [7, 11) is 0. The van der Waals surface area contributed by atoms with Crippen molar-refractivity contribution in [2.24, 2.45) is 0 Å². The van der Waals surface area contributed by atoms with Crippen LogP contribution in [-0.2, 0) is 0 Å². The highest BCUT2D eigenvalue weighted by Gasteiger charge is 1.80. The first-order valence-electron chi connectivity index (χ1n) is 3.95. The van der Waals surface area contributed by atoms with Crippen molar-refractivity contribution in [3.63, 3.8) is 0 Å². The molecule has 0 N–H and O–H groups in total. The largest absolute Gasteiger partial charge is 0.109 e. The summed E-state index contributed by atoms with van der Waals surface area (Å²) in [5, 5.41) is 0.194. The van der Waals surface area contributed by atoms with E-state index in [1.807, 2.05) is 0 Å². The van der Waals surface area contributed by atoms with E-state index in [2.05, 4.69) is 13.8 Å². The molecule has 11 heavy (non-hydrogen) atoms. The maximum absolute atomic E-state index is 4.76. The van der Waals surface area contributed by atoms with Gasteiger partial charge in [-0.1, -0.05) is 46.0 Å². The van der Waals surface area contributed by atoms with Crippen LogP contribution in [0.3, 0.4) is 0 Å². The summed E-state index contributed by atoms with van der Waals surface area (Å²) < 4.78 is 0. The van der Waals surface area contributed by atoms with Crippen LogP contribution in [0.4, 0.5) is 0 Å². The van der Waals surface area contributed by atoms with Gasteiger partial charge in [0, 0.05) is 11.0 Å². The lowest BCUT2D eigenvalue weighted by Gasteiger charge is -1.90. The summed E-state index contributed by atoms with van der Waals surface area (Å²) in [5.41, 5.74) is 0. The summed E-state index contributed by atoms with van der Waals surface area (Å²) in [6.45, 7) is 4.49. The average molecular weight is 213 g/mol. The third-order valence-electron chi connectivity index (χ3n) is 1.21. The van der Waals surface area contributed by atoms with E-state index >= 15 is 0 Å². The van der Waals surface area contributed by atoms with Crippen LogP contribution in [0.1, 0.15) is 46.0 Å². The number of unbranched alkanes of at least 4 members (excludes halogenated alkanes) is 4. The van der Waals surface area contributed by atoms with E-state index in [1.165, 1.54) is 32.1 Å². The van der Waals surface area contributed by atoms with E-state index in [4.69, 9.17) is 23.2 Å². The number of alkyl halides is 2. The Bertz CT molecular complexity index is 39.1. The molecule has 0 heterocycles. The van der Waals surface area contributed by atoms with Crippen molar-refractivity contribution in [3.8, 4) is 0 Å². The van der Waals surface area contributed by atoms with Crippen molar-refractivity contribution >= 4 is 34.2 Å². The monoisotopic (exact) mass is 212 g/mol. The maximum atomic E-state index is 4.76. The number of hydrogen-bond donors (Lipinski definition) is 0. The van der Waals surface area contributed by atoms with Gasteiger partial charge in [-0.15, -0.1) is 23.2 Å². The molecule has 0 aromatic carbocycles. The molecule has 3 heteroatoms. The zero-order chi connectivity index (χ0) is 8.24. The van der Waals surface area contributed by atoms with Crippen LogP contribution < -0.4 is 0 Å². The second-order valence-electron chi connectivity index (χ2n) is 2.16. The first-order chi connectivity index (χ1) is 4.83. The molecular formula is C8H18Cl2Si. The molecule has 0 fully saturated rings. The molecule has 0 bridgehead atoms. The standard InChI is InChI=1S/C7H16.CH2Cl2.Si/c1-3-5-7-6-4-2;2-1-3;/h3-7H2,1-2H3;1H2;. The second kappa shape index (κ2) is 22.4. The highest BCUT2D eigenvalue weighted by molar-refractivity contribution is 6.40. The molecule has 68 valence electrons. The van der Waals surface area contributed by atoms with Crippen LogP contribution in [-0.4, -0.2) is 16.3 Å². The lowest BCUT2D eigenvalue weighted by molar-refractivity contribution is 0.656. The fourth-order valence-electron chi connectivity index (χ4n) is 0.677. The molecule has 0 saturated carbocycles. The predicted molar refractivity (Wildman–Crippen MR) is 56.8 cm³/mol. The van der Waals surface area contributed by atoms with Gasteiger partial charge in [-0.3, -0.25) is 0 Å². The highest BCUT2D eigenvalue weighted by atomic mass is 35.5. The Hall–Kier alpha value is 0.797. The van der Waals surface area contributed by atoms with Crippen molar-refractivity contribution in [1.29, 1.82) is 0 Å². The molecule has 0 aliphatic heterocycles. The quantitative estimate of drug-likeness (QED) is 0.376. The van der Waals surface area contributed by atoms with E-state index in [9.17, 15) is 0 Å². The molecule has 0 atom stereocenters. The minimum atomic E-state index is 0. The molecule has 0 amide bonds. The summed E-state index contributed by atoms with van der Waals surface area (Å²) >= 11 is 9.53. The molecular weight excluding hydrogens is 195 g/mol. The van der Waals surface area contributed by atoms with Crippen LogP contribution in [0.25, 0.3) is 0 Å². The summed E-state index contributed by atoms with van der Waals surface area (Å²) in [6, 6.07) is 0. The molecule has 4 radical (unpaired) electrons. The van der Waals surface area contributed by atoms with E-state index < -0.39 is 0 Å². The average Bonchev–Trinajstić information content (AvgIpc) is 1.91. The highest BCUT2D eigenvalue weighted by Crippen LogP contribution is 2.00. The van der Waals surface area contributed by atoms with Crippen molar-refractivity contribution in [3.05, 3.63) is 0 Å². The van der Waals surface area contributed by atoms with Gasteiger partial charge in [0.1, 0.15) is 0 Å². The fraction of sp³-hybridized carbons (Fsp3) is 1.00. The first-order valence-corrected chi connectivity index (χ1v) is 5.02. The molecule has 0 aliphatic rings. The Morgan fingerprint density at radius 1 is 0.818 bits per heavy atom. The second-order valence-corrected chi connectivity index (χ2v) is 2.97. The van der Waals surface area contributed by atoms with Crippen LogP contribution in [0.2, 0.25) is 0 Å². The van der Waals surface area contributed by atoms with Gasteiger partial charge in [0.05, 0.1) is 5.34 Å². The summed E-state index contributed by atoms with van der Waals surface area (Å²) in [6.07, 6.45) is 7.01. The zero-order valence-electron chi connectivity index (χ0n) is 7.50. The van der Waals surface area contributed by atoms with E-state index in [-0.39, 0.29) is 16.3 Å². The Morgan fingerprint density at radius 2 is 1.09 bits per heavy atom. The van der Waals surface area contributed by atoms with Crippen molar-refractivity contribution < 1.29 is 0 Å². The number of halogens is 2. The van der Waals surface area contributed by atoms with Gasteiger partial charge in [-0.25, -0.2) is 0 Å². The molecule has 0 aliphatic carbocycles. The molecule has 0 aromatic rings. The topological polar surface area (TPSA) is 0 Å². The van der Waals surface area contributed by atoms with Crippen LogP contribution >= 0.6 is 23.2 Å². The van der Waals surface area contributed by atoms with Crippen molar-refractivity contribution in [2.75, 3.05) is 5.34 Å². The lowest BCUT2D eigenvalue weighted by atomic mass is 10.2. The Balaban J connectivity index is -0.000000140. The van der Waals surface area contributed by atoms with Gasteiger partial charge in [0.15, 0.2) is 0 Å². The molecule has 0 spiro atoms. The van der Waals surface area contributed by atoms with Crippen LogP contribution in [0.15, 0.2) is 0 Å². The van der Waals surface area contributed by atoms with Gasteiger partial charge in [0.25, 0.3) is 0 Å². The molecule has 0 rings (SSSR count). The minimum Gasteiger partial charge on any atom is -0.109 e. The van der Waals surface area contributed by atoms with Crippen molar-refractivity contribution in [1.82, 2.24) is 0 Å². The van der Waals surface area contributed by atoms with E-state index in [0.29, 0.717) is 0 Å². The van der Waals surface area contributed by atoms with Gasteiger partial charge < -0.3 is 0 Å². The fourth-order valence-corrected chi connectivity index (χ4v) is 0.677. The van der Waals surface area contributed by atoms with Gasteiger partial charge >= 0.3 is 0 Å². The lowest BCUT2D eigenvalue weighted by Crippen LogP contribution is -1.70. The zero-order valence-corrected chi connectivity index (χ0v) is 10.0. The normalized spacial score (nSPS) is 7.64. The Morgan fingerprint density at radius 3 is 1.27 bits per heavy atom. The summed E-state index contributed by atoms with van der Waals surface area (Å²) in [4.78, 5) is 0. The first kappa shape index (κ1) is 17.8.